The molecule has 1 aromatic carbocycles. The number of fused-ring (bicyclic) bond motifs is 3. The van der Waals surface area contributed by atoms with Gasteiger partial charge in [-0.2, -0.15) is 0 Å². The summed E-state index contributed by atoms with van der Waals surface area (Å²) in [6.45, 7) is 0. The van der Waals surface area contributed by atoms with E-state index in [2.05, 4.69) is 4.98 Å². The number of aromatic carboxylic acids is 1. The second-order valence-corrected chi connectivity index (χ2v) is 4.07. The fraction of sp³-hybridized carbons (Fsp3) is 0. The Morgan fingerprint density at radius 1 is 1.32 bits per heavy atom. The van der Waals surface area contributed by atoms with E-state index in [1.165, 1.54) is 24.4 Å². The molecule has 19 heavy (non-hydrogen) atoms. The highest BCUT2D eigenvalue weighted by atomic mass is 16.4. The number of carboxylic acids is 1. The lowest BCUT2D eigenvalue weighted by Gasteiger charge is -2.11. The molecule has 0 bridgehead atoms. The third-order valence-electron chi connectivity index (χ3n) is 2.98. The quantitative estimate of drug-likeness (QED) is 0.432. The Morgan fingerprint density at radius 2 is 2.05 bits per heavy atom. The maximum atomic E-state index is 11.6. The maximum Gasteiger partial charge on any atom is 0.335 e. The molecule has 0 aliphatic carbocycles. The van der Waals surface area contributed by atoms with E-state index < -0.39 is 17.7 Å². The average Bonchev–Trinajstić information content (AvgIpc) is 2.63. The van der Waals surface area contributed by atoms with Crippen LogP contribution in [0.25, 0.3) is 10.8 Å². The third kappa shape index (κ3) is 1.42. The number of nitrogens with two attached hydrogens (primary N) is 1. The number of carboxylic acid groups (broad SMARTS) is 1. The molecule has 1 aliphatic rings. The van der Waals surface area contributed by atoms with Crippen molar-refractivity contribution < 1.29 is 19.5 Å². The summed E-state index contributed by atoms with van der Waals surface area (Å²) in [4.78, 5) is 37.9. The molecule has 0 atom stereocenters. The zero-order chi connectivity index (χ0) is 13.7. The van der Waals surface area contributed by atoms with Crippen molar-refractivity contribution in [1.29, 1.82) is 0 Å². The molecule has 3 rings (SSSR count). The summed E-state index contributed by atoms with van der Waals surface area (Å²) in [7, 11) is 0. The van der Waals surface area contributed by atoms with Crippen LogP contribution in [0.3, 0.4) is 0 Å². The molecular formula is C12H7N3O4. The van der Waals surface area contributed by atoms with Gasteiger partial charge in [0.1, 0.15) is 5.69 Å². The van der Waals surface area contributed by atoms with Gasteiger partial charge >= 0.3 is 11.9 Å². The van der Waals surface area contributed by atoms with Gasteiger partial charge in [0.25, 0.3) is 5.78 Å². The first-order chi connectivity index (χ1) is 9.00. The van der Waals surface area contributed by atoms with Crippen LogP contribution in [0.4, 0.5) is 5.69 Å². The van der Waals surface area contributed by atoms with Crippen LogP contribution in [0.1, 0.15) is 20.8 Å². The van der Waals surface area contributed by atoms with Crippen LogP contribution < -0.4 is 10.9 Å². The minimum absolute atomic E-state index is 0.0110. The summed E-state index contributed by atoms with van der Waals surface area (Å²) in [6, 6.07) is 4.29. The number of hydrogen-bond donors (Lipinski definition) is 2. The van der Waals surface area contributed by atoms with Crippen LogP contribution in [0.5, 0.6) is 0 Å². The third-order valence-corrected chi connectivity index (χ3v) is 2.98. The molecule has 2 heterocycles. The fourth-order valence-corrected chi connectivity index (χ4v) is 2.06. The molecule has 0 spiro atoms. The number of ketones is 1. The lowest BCUT2D eigenvalue weighted by atomic mass is 10.1. The number of hydrogen-bond acceptors (Lipinski definition) is 5. The monoisotopic (exact) mass is 257 g/mol. The predicted molar refractivity (Wildman–Crippen MR) is 64.7 cm³/mol. The highest BCUT2D eigenvalue weighted by Gasteiger charge is 2.37. The highest BCUT2D eigenvalue weighted by molar-refractivity contribution is 6.52. The first-order valence-corrected chi connectivity index (χ1v) is 5.30. The van der Waals surface area contributed by atoms with E-state index in [1.807, 2.05) is 0 Å². The number of carbonyl (C=O) groups is 3. The Kier molecular flexibility index (Phi) is 2.14. The summed E-state index contributed by atoms with van der Waals surface area (Å²) >= 11 is 0. The van der Waals surface area contributed by atoms with E-state index in [-0.39, 0.29) is 16.9 Å². The van der Waals surface area contributed by atoms with E-state index >= 15 is 0 Å². The Morgan fingerprint density at radius 3 is 2.74 bits per heavy atom. The summed E-state index contributed by atoms with van der Waals surface area (Å²) in [6.07, 6.45) is 1.35. The molecule has 94 valence electrons. The number of pyridine rings is 1. The lowest BCUT2D eigenvalue weighted by molar-refractivity contribution is -0.114. The Hall–Kier alpha value is -2.80. The molecule has 3 N–H and O–H groups in total. The molecule has 7 nitrogen and oxygen atoms in total. The number of anilines is 1. The molecule has 1 aliphatic heterocycles. The van der Waals surface area contributed by atoms with Crippen LogP contribution in [-0.2, 0) is 4.79 Å². The van der Waals surface area contributed by atoms with Gasteiger partial charge in [0.05, 0.1) is 11.3 Å². The molecule has 2 aromatic rings. The SMILES string of the molecule is NN1C(=O)C(=O)c2ncc3cc(C(=O)O)ccc3c21. The van der Waals surface area contributed by atoms with Crippen LogP contribution in [0.15, 0.2) is 24.4 Å². The highest BCUT2D eigenvalue weighted by Crippen LogP contribution is 2.33. The van der Waals surface area contributed by atoms with Gasteiger partial charge in [-0.1, -0.05) is 6.07 Å². The van der Waals surface area contributed by atoms with E-state index in [0.29, 0.717) is 10.8 Å². The van der Waals surface area contributed by atoms with Gasteiger partial charge in [-0.05, 0) is 12.1 Å². The van der Waals surface area contributed by atoms with Gasteiger partial charge in [0.2, 0.25) is 0 Å². The number of carbonyl (C=O) groups excluding carboxylic acids is 2. The van der Waals surface area contributed by atoms with Crippen molar-refractivity contribution in [2.24, 2.45) is 5.84 Å². The smallest absolute Gasteiger partial charge is 0.335 e. The van der Waals surface area contributed by atoms with Gasteiger partial charge < -0.3 is 5.11 Å². The topological polar surface area (TPSA) is 114 Å². The molecule has 1 aromatic heterocycles. The summed E-state index contributed by atoms with van der Waals surface area (Å²) in [5.41, 5.74) is 0.293. The maximum absolute atomic E-state index is 11.6. The number of nitrogens with zero attached hydrogens (tertiary/aromatic N) is 2. The Labute approximate surface area is 106 Å². The summed E-state index contributed by atoms with van der Waals surface area (Å²) in [5.74, 6) is 2.87. The molecule has 0 unspecified atom stereocenters. The molecule has 1 amide bonds. The number of Topliss-reactive ketones (excluding diaryl/α,β-unsaturated/α-hetero) is 1. The fourth-order valence-electron chi connectivity index (χ4n) is 2.06. The van der Waals surface area contributed by atoms with Gasteiger partial charge in [-0.25, -0.2) is 20.6 Å². The molecule has 0 saturated heterocycles. The molecular weight excluding hydrogens is 250 g/mol. The predicted octanol–water partition coefficient (Wildman–Crippen LogP) is 0.336. The van der Waals surface area contributed by atoms with Crippen LogP contribution in [0.2, 0.25) is 0 Å². The van der Waals surface area contributed by atoms with Crippen molar-refractivity contribution in [3.8, 4) is 0 Å². The van der Waals surface area contributed by atoms with Gasteiger partial charge in [-0.3, -0.25) is 9.59 Å². The standard InChI is InChI=1S/C12H7N3O4/c13-15-9-7-2-1-5(12(18)19)3-6(7)4-14-8(9)10(16)11(15)17/h1-4H,13H2,(H,18,19). The largest absolute Gasteiger partial charge is 0.478 e. The van der Waals surface area contributed by atoms with Gasteiger partial charge in [-0.15, -0.1) is 0 Å². The minimum atomic E-state index is -1.07. The van der Waals surface area contributed by atoms with E-state index in [1.54, 1.807) is 0 Å². The summed E-state index contributed by atoms with van der Waals surface area (Å²) < 4.78 is 0. The zero-order valence-corrected chi connectivity index (χ0v) is 9.45. The van der Waals surface area contributed by atoms with Crippen molar-refractivity contribution in [3.63, 3.8) is 0 Å². The van der Waals surface area contributed by atoms with Crippen molar-refractivity contribution in [2.45, 2.75) is 0 Å². The second-order valence-electron chi connectivity index (χ2n) is 4.07. The van der Waals surface area contributed by atoms with E-state index in [9.17, 15) is 14.4 Å². The lowest BCUT2D eigenvalue weighted by Crippen LogP contribution is -2.36. The number of benzene rings is 1. The van der Waals surface area contributed by atoms with Crippen LogP contribution in [-0.4, -0.2) is 27.8 Å². The zero-order valence-electron chi connectivity index (χ0n) is 9.45. The first-order valence-electron chi connectivity index (χ1n) is 5.30. The Bertz CT molecular complexity index is 769. The van der Waals surface area contributed by atoms with Gasteiger partial charge in [0.15, 0.2) is 0 Å². The van der Waals surface area contributed by atoms with Crippen LogP contribution >= 0.6 is 0 Å². The van der Waals surface area contributed by atoms with E-state index in [0.717, 1.165) is 5.01 Å². The molecule has 0 fully saturated rings. The average molecular weight is 257 g/mol. The van der Waals surface area contributed by atoms with Crippen molar-refractivity contribution in [3.05, 3.63) is 35.7 Å². The molecule has 7 heteroatoms. The van der Waals surface area contributed by atoms with Crippen molar-refractivity contribution >= 4 is 34.1 Å². The second kappa shape index (κ2) is 3.59. The van der Waals surface area contributed by atoms with Crippen molar-refractivity contribution in [1.82, 2.24) is 4.98 Å². The van der Waals surface area contributed by atoms with Gasteiger partial charge in [0, 0.05) is 17.0 Å². The summed E-state index contributed by atoms with van der Waals surface area (Å²) in [5, 5.41) is 10.7. The molecule has 0 radical (unpaired) electrons. The number of hydrazine groups is 1. The van der Waals surface area contributed by atoms with Crippen molar-refractivity contribution in [2.75, 3.05) is 5.01 Å². The number of rotatable bonds is 1. The minimum Gasteiger partial charge on any atom is -0.478 e. The Balaban J connectivity index is 2.34. The number of amides is 1. The van der Waals surface area contributed by atoms with E-state index in [4.69, 9.17) is 10.9 Å². The normalized spacial score (nSPS) is 14.1. The number of aromatic nitrogens is 1. The first kappa shape index (κ1) is 11.3. The van der Waals surface area contributed by atoms with Crippen LogP contribution in [0, 0.1) is 0 Å². The molecule has 0 saturated carbocycles.